The molecule has 1 amide bonds. The Morgan fingerprint density at radius 3 is 3.00 bits per heavy atom. The van der Waals surface area contributed by atoms with E-state index < -0.39 is 0 Å². The molecule has 4 rings (SSSR count). The van der Waals surface area contributed by atoms with Crippen LogP contribution in [0.1, 0.15) is 11.6 Å². The zero-order chi connectivity index (χ0) is 17.4. The summed E-state index contributed by atoms with van der Waals surface area (Å²) in [5.74, 6) is 0.124. The summed E-state index contributed by atoms with van der Waals surface area (Å²) in [6.07, 6.45) is 7.53. The number of hydrogen-bond donors (Lipinski definition) is 1. The van der Waals surface area contributed by atoms with Crippen molar-refractivity contribution in [2.75, 3.05) is 27.2 Å². The summed E-state index contributed by atoms with van der Waals surface area (Å²) < 4.78 is 1.85. The monoisotopic (exact) mass is 339 g/mol. The molecule has 0 saturated carbocycles. The Morgan fingerprint density at radius 1 is 1.36 bits per heavy atom. The van der Waals surface area contributed by atoms with Gasteiger partial charge in [0.2, 0.25) is 5.91 Å². The molecule has 1 aliphatic heterocycles. The third-order valence-electron chi connectivity index (χ3n) is 4.93. The quantitative estimate of drug-likeness (QED) is 0.757. The van der Waals surface area contributed by atoms with Crippen molar-refractivity contribution >= 4 is 16.9 Å². The lowest BCUT2D eigenvalue weighted by atomic mass is 10.1. The molecule has 3 aromatic rings. The van der Waals surface area contributed by atoms with Gasteiger partial charge in [-0.25, -0.2) is 9.67 Å². The highest BCUT2D eigenvalue weighted by Gasteiger charge is 2.38. The van der Waals surface area contributed by atoms with E-state index in [9.17, 15) is 4.79 Å². The van der Waals surface area contributed by atoms with Crippen molar-refractivity contribution in [3.8, 4) is 0 Å². The molecule has 1 fully saturated rings. The Hall–Kier alpha value is -2.74. The van der Waals surface area contributed by atoms with Crippen LogP contribution < -0.4 is 0 Å². The molecule has 8 nitrogen and oxygen atoms in total. The number of rotatable bonds is 4. The third kappa shape index (κ3) is 2.89. The molecule has 0 aliphatic carbocycles. The fourth-order valence-corrected chi connectivity index (χ4v) is 3.57. The van der Waals surface area contributed by atoms with Crippen LogP contribution in [0.15, 0.2) is 36.9 Å². The van der Waals surface area contributed by atoms with Gasteiger partial charge in [0.1, 0.15) is 5.65 Å². The fourth-order valence-electron chi connectivity index (χ4n) is 3.57. The van der Waals surface area contributed by atoms with Gasteiger partial charge in [0.05, 0.1) is 24.7 Å². The van der Waals surface area contributed by atoms with Crippen molar-refractivity contribution in [3.05, 3.63) is 42.5 Å². The van der Waals surface area contributed by atoms with E-state index in [0.29, 0.717) is 19.5 Å². The van der Waals surface area contributed by atoms with Crippen LogP contribution >= 0.6 is 0 Å². The van der Waals surface area contributed by atoms with E-state index in [1.807, 2.05) is 48.2 Å². The summed E-state index contributed by atoms with van der Waals surface area (Å²) >= 11 is 0. The number of aromatic amines is 1. The Kier molecular flexibility index (Phi) is 3.96. The lowest BCUT2D eigenvalue weighted by molar-refractivity contribution is -0.129. The van der Waals surface area contributed by atoms with E-state index >= 15 is 0 Å². The zero-order valence-electron chi connectivity index (χ0n) is 14.3. The molecule has 2 atom stereocenters. The average Bonchev–Trinajstić information content (AvgIpc) is 3.34. The number of nitrogens with zero attached hydrogens (tertiary/aromatic N) is 6. The molecule has 25 heavy (non-hydrogen) atoms. The van der Waals surface area contributed by atoms with Crippen molar-refractivity contribution < 1.29 is 4.79 Å². The minimum absolute atomic E-state index is 0.117. The number of likely N-dealkylation sites (N-methyl/N-ethyl adjacent to an activating group) is 1. The number of carbonyl (C=O) groups excluding carboxylic acids is 1. The lowest BCUT2D eigenvalue weighted by Crippen LogP contribution is -2.37. The number of likely N-dealkylation sites (tertiary alicyclic amines) is 1. The van der Waals surface area contributed by atoms with Crippen LogP contribution in [0.3, 0.4) is 0 Å². The summed E-state index contributed by atoms with van der Waals surface area (Å²) in [7, 11) is 4.07. The van der Waals surface area contributed by atoms with Crippen molar-refractivity contribution in [2.24, 2.45) is 0 Å². The maximum absolute atomic E-state index is 12.9. The molecule has 1 aliphatic rings. The summed E-state index contributed by atoms with van der Waals surface area (Å²) in [6, 6.07) is 4.22. The van der Waals surface area contributed by atoms with Gasteiger partial charge in [0.15, 0.2) is 0 Å². The number of nitrogens with one attached hydrogen (secondary N) is 1. The van der Waals surface area contributed by atoms with Gasteiger partial charge < -0.3 is 14.8 Å². The maximum Gasteiger partial charge on any atom is 0.227 e. The third-order valence-corrected chi connectivity index (χ3v) is 4.93. The summed E-state index contributed by atoms with van der Waals surface area (Å²) in [5.41, 5.74) is 1.80. The van der Waals surface area contributed by atoms with E-state index in [4.69, 9.17) is 0 Å². The molecular weight excluding hydrogens is 318 g/mol. The minimum Gasteiger partial charge on any atom is -0.346 e. The van der Waals surface area contributed by atoms with Gasteiger partial charge in [0.25, 0.3) is 0 Å². The topological polar surface area (TPSA) is 82.9 Å². The first-order valence-corrected chi connectivity index (χ1v) is 8.34. The zero-order valence-corrected chi connectivity index (χ0v) is 14.3. The van der Waals surface area contributed by atoms with Crippen molar-refractivity contribution in [3.63, 3.8) is 0 Å². The fraction of sp³-hybridized carbons (Fsp3) is 0.412. The molecule has 0 aromatic carbocycles. The highest BCUT2D eigenvalue weighted by Crippen LogP contribution is 2.26. The van der Waals surface area contributed by atoms with Gasteiger partial charge in [0, 0.05) is 37.1 Å². The number of amides is 1. The maximum atomic E-state index is 12.9. The number of aromatic nitrogens is 5. The molecule has 1 saturated heterocycles. The second-order valence-electron chi connectivity index (χ2n) is 6.67. The summed E-state index contributed by atoms with van der Waals surface area (Å²) in [5, 5.41) is 9.04. The summed E-state index contributed by atoms with van der Waals surface area (Å²) in [4.78, 5) is 24.4. The molecular formula is C17H21N7O. The van der Waals surface area contributed by atoms with Gasteiger partial charge in [-0.3, -0.25) is 4.79 Å². The van der Waals surface area contributed by atoms with Gasteiger partial charge >= 0.3 is 0 Å². The molecule has 130 valence electrons. The molecule has 0 spiro atoms. The normalized spacial score (nSPS) is 20.7. The Labute approximate surface area is 145 Å². The lowest BCUT2D eigenvalue weighted by Gasteiger charge is -2.24. The van der Waals surface area contributed by atoms with E-state index in [-0.39, 0.29) is 18.0 Å². The van der Waals surface area contributed by atoms with Crippen LogP contribution in [-0.2, 0) is 11.2 Å². The van der Waals surface area contributed by atoms with Crippen molar-refractivity contribution in [1.29, 1.82) is 0 Å². The molecule has 0 unspecified atom stereocenters. The van der Waals surface area contributed by atoms with Crippen LogP contribution in [0, 0.1) is 0 Å². The molecule has 1 N–H and O–H groups in total. The number of pyridine rings is 1. The number of hydrogen-bond acceptors (Lipinski definition) is 5. The van der Waals surface area contributed by atoms with Crippen LogP contribution in [-0.4, -0.2) is 73.9 Å². The largest absolute Gasteiger partial charge is 0.346 e. The van der Waals surface area contributed by atoms with Crippen LogP contribution in [0.2, 0.25) is 0 Å². The SMILES string of the molecule is CN(C)[C@@H]1CN(C(=O)Cc2c[nH]c3ncccc23)C[C@@H]1n1ccnn1. The highest BCUT2D eigenvalue weighted by molar-refractivity contribution is 5.87. The molecule has 4 heterocycles. The van der Waals surface area contributed by atoms with Crippen LogP contribution in [0.5, 0.6) is 0 Å². The molecule has 3 aromatic heterocycles. The van der Waals surface area contributed by atoms with Gasteiger partial charge in [-0.2, -0.15) is 0 Å². The second kappa shape index (κ2) is 6.29. The van der Waals surface area contributed by atoms with E-state index in [0.717, 1.165) is 16.6 Å². The first-order chi connectivity index (χ1) is 12.1. The van der Waals surface area contributed by atoms with E-state index in [2.05, 4.69) is 25.2 Å². The smallest absolute Gasteiger partial charge is 0.227 e. The number of carbonyl (C=O) groups is 1. The Morgan fingerprint density at radius 2 is 2.24 bits per heavy atom. The van der Waals surface area contributed by atoms with Crippen LogP contribution in [0.25, 0.3) is 11.0 Å². The standard InChI is InChI=1S/C17H21N7O/c1-22(2)14-10-23(11-15(14)24-7-6-20-21-24)16(25)8-12-9-19-17-13(12)4-3-5-18-17/h3-7,9,14-15H,8,10-11H2,1-2H3,(H,18,19)/t14-,15+/m1/s1. The molecule has 8 heteroatoms. The van der Waals surface area contributed by atoms with E-state index in [1.54, 1.807) is 12.4 Å². The molecule has 0 bridgehead atoms. The second-order valence-corrected chi connectivity index (χ2v) is 6.67. The Balaban J connectivity index is 1.52. The highest BCUT2D eigenvalue weighted by atomic mass is 16.2. The minimum atomic E-state index is 0.117. The van der Waals surface area contributed by atoms with Crippen LogP contribution in [0.4, 0.5) is 0 Å². The van der Waals surface area contributed by atoms with Gasteiger partial charge in [-0.05, 0) is 31.8 Å². The first-order valence-electron chi connectivity index (χ1n) is 8.34. The Bertz CT molecular complexity index is 870. The first kappa shape index (κ1) is 15.8. The van der Waals surface area contributed by atoms with Gasteiger partial charge in [-0.15, -0.1) is 5.10 Å². The number of fused-ring (bicyclic) bond motifs is 1. The average molecular weight is 339 g/mol. The molecule has 0 radical (unpaired) electrons. The predicted molar refractivity (Wildman–Crippen MR) is 92.9 cm³/mol. The van der Waals surface area contributed by atoms with Crippen molar-refractivity contribution in [1.82, 2.24) is 34.8 Å². The van der Waals surface area contributed by atoms with Gasteiger partial charge in [-0.1, -0.05) is 5.21 Å². The van der Waals surface area contributed by atoms with Crippen molar-refractivity contribution in [2.45, 2.75) is 18.5 Å². The number of H-pyrrole nitrogens is 1. The summed E-state index contributed by atoms with van der Waals surface area (Å²) in [6.45, 7) is 1.34. The predicted octanol–water partition coefficient (Wildman–Crippen LogP) is 0.711. The van der Waals surface area contributed by atoms with E-state index in [1.165, 1.54) is 0 Å².